The van der Waals surface area contributed by atoms with Gasteiger partial charge in [-0.25, -0.2) is 0 Å². The zero-order valence-electron chi connectivity index (χ0n) is 12.7. The molecule has 3 aromatic rings. The Morgan fingerprint density at radius 1 is 0.917 bits per heavy atom. The average molecular weight is 342 g/mol. The number of phenolic OH excluding ortho intramolecular Hbond substituents is 1. The quantitative estimate of drug-likeness (QED) is 0.540. The molecule has 0 fully saturated rings. The summed E-state index contributed by atoms with van der Waals surface area (Å²) in [6.07, 6.45) is 0. The van der Waals surface area contributed by atoms with Crippen molar-refractivity contribution in [3.8, 4) is 5.75 Å². The molecule has 7 heteroatoms. The highest BCUT2D eigenvalue weighted by Crippen LogP contribution is 2.36. The Labute approximate surface area is 138 Å². The number of nitrogens with zero attached hydrogens (tertiary/aromatic N) is 2. The highest BCUT2D eigenvalue weighted by atomic mass is 32.2. The van der Waals surface area contributed by atoms with E-state index in [1.165, 1.54) is 24.3 Å². The van der Waals surface area contributed by atoms with Gasteiger partial charge in [-0.05, 0) is 42.6 Å². The Hall–Kier alpha value is -2.77. The summed E-state index contributed by atoms with van der Waals surface area (Å²) in [5, 5.41) is 19.8. The Kier molecular flexibility index (Phi) is 4.04. The molecule has 2 N–H and O–H groups in total. The van der Waals surface area contributed by atoms with Gasteiger partial charge in [-0.2, -0.15) is 13.5 Å². The van der Waals surface area contributed by atoms with Gasteiger partial charge in [-0.15, -0.1) is 5.11 Å². The third-order valence-corrected chi connectivity index (χ3v) is 4.39. The maximum atomic E-state index is 11.0. The molecule has 3 aromatic carbocycles. The van der Waals surface area contributed by atoms with Crippen molar-refractivity contribution in [3.63, 3.8) is 0 Å². The summed E-state index contributed by atoms with van der Waals surface area (Å²) in [5.41, 5.74) is 1.83. The molecule has 0 atom stereocenters. The van der Waals surface area contributed by atoms with Crippen LogP contribution >= 0.6 is 0 Å². The molecule has 0 spiro atoms. The van der Waals surface area contributed by atoms with E-state index in [9.17, 15) is 13.5 Å². The molecule has 0 bridgehead atoms. The topological polar surface area (TPSA) is 99.3 Å². The summed E-state index contributed by atoms with van der Waals surface area (Å²) in [6.45, 7) is 1.98. The second-order valence-electron chi connectivity index (χ2n) is 5.33. The van der Waals surface area contributed by atoms with Crippen molar-refractivity contribution in [2.45, 2.75) is 11.8 Å². The van der Waals surface area contributed by atoms with Crippen molar-refractivity contribution in [1.29, 1.82) is 0 Å². The summed E-state index contributed by atoms with van der Waals surface area (Å²) in [4.78, 5) is -0.218. The number of fused-ring (bicyclic) bond motifs is 1. The third-order valence-electron chi connectivity index (χ3n) is 3.53. The van der Waals surface area contributed by atoms with Gasteiger partial charge in [-0.3, -0.25) is 4.55 Å². The van der Waals surface area contributed by atoms with Crippen LogP contribution in [0.2, 0.25) is 0 Å². The number of rotatable bonds is 3. The lowest BCUT2D eigenvalue weighted by Gasteiger charge is -2.05. The predicted octanol–water partition coefficient (Wildman–Crippen LogP) is 4.52. The van der Waals surface area contributed by atoms with Crippen LogP contribution in [0.5, 0.6) is 5.75 Å². The predicted molar refractivity (Wildman–Crippen MR) is 90.8 cm³/mol. The number of aromatic hydroxyl groups is 1. The number of hydrogen-bond acceptors (Lipinski definition) is 5. The first-order chi connectivity index (χ1) is 11.3. The molecular formula is C17H14N2O4S. The van der Waals surface area contributed by atoms with Crippen LogP contribution in [0.15, 0.2) is 69.7 Å². The lowest BCUT2D eigenvalue weighted by atomic mass is 10.1. The first-order valence-electron chi connectivity index (χ1n) is 7.06. The normalized spacial score (nSPS) is 12.1. The van der Waals surface area contributed by atoms with Crippen molar-refractivity contribution >= 4 is 32.3 Å². The molecule has 0 aliphatic heterocycles. The second kappa shape index (κ2) is 6.03. The molecule has 0 aliphatic rings. The summed E-state index contributed by atoms with van der Waals surface area (Å²) < 4.78 is 31.0. The molecule has 0 saturated heterocycles. The van der Waals surface area contributed by atoms with Crippen LogP contribution in [0.4, 0.5) is 11.4 Å². The fourth-order valence-electron chi connectivity index (χ4n) is 2.32. The average Bonchev–Trinajstić information content (AvgIpc) is 2.53. The van der Waals surface area contributed by atoms with Gasteiger partial charge in [0.15, 0.2) is 0 Å². The molecule has 0 saturated carbocycles. The molecule has 0 aliphatic carbocycles. The molecule has 6 nitrogen and oxygen atoms in total. The van der Waals surface area contributed by atoms with E-state index >= 15 is 0 Å². The van der Waals surface area contributed by atoms with Crippen molar-refractivity contribution in [2.24, 2.45) is 10.2 Å². The van der Waals surface area contributed by atoms with Gasteiger partial charge in [0.2, 0.25) is 0 Å². The van der Waals surface area contributed by atoms with Gasteiger partial charge >= 0.3 is 0 Å². The number of benzene rings is 3. The van der Waals surface area contributed by atoms with Crippen LogP contribution in [0.25, 0.3) is 10.8 Å². The van der Waals surface area contributed by atoms with E-state index in [4.69, 9.17) is 4.55 Å². The lowest BCUT2D eigenvalue weighted by molar-refractivity contribution is 0.477. The first-order valence-corrected chi connectivity index (χ1v) is 8.50. The van der Waals surface area contributed by atoms with Gasteiger partial charge < -0.3 is 5.11 Å². The van der Waals surface area contributed by atoms with E-state index in [0.717, 1.165) is 16.3 Å². The zero-order chi connectivity index (χ0) is 17.3. The van der Waals surface area contributed by atoms with Crippen molar-refractivity contribution in [1.82, 2.24) is 0 Å². The molecule has 0 amide bonds. The fraction of sp³-hybridized carbons (Fsp3) is 0.0588. The Bertz CT molecular complexity index is 1040. The van der Waals surface area contributed by atoms with Crippen molar-refractivity contribution in [3.05, 3.63) is 60.2 Å². The molecule has 0 unspecified atom stereocenters. The van der Waals surface area contributed by atoms with E-state index < -0.39 is 10.1 Å². The van der Waals surface area contributed by atoms with Crippen LogP contribution < -0.4 is 0 Å². The smallest absolute Gasteiger partial charge is 0.294 e. The van der Waals surface area contributed by atoms with Crippen LogP contribution in [0.1, 0.15) is 5.56 Å². The third kappa shape index (κ3) is 3.27. The fourth-order valence-corrected chi connectivity index (χ4v) is 2.80. The molecular weight excluding hydrogens is 328 g/mol. The Morgan fingerprint density at radius 3 is 2.29 bits per heavy atom. The minimum absolute atomic E-state index is 0.00431. The highest BCUT2D eigenvalue weighted by Gasteiger charge is 2.09. The van der Waals surface area contributed by atoms with E-state index in [0.29, 0.717) is 11.4 Å². The largest absolute Gasteiger partial charge is 0.506 e. The van der Waals surface area contributed by atoms with Crippen LogP contribution in [0.3, 0.4) is 0 Å². The Balaban J connectivity index is 2.00. The number of aryl methyl sites for hydroxylation is 1. The molecule has 24 heavy (non-hydrogen) atoms. The van der Waals surface area contributed by atoms with E-state index in [2.05, 4.69) is 10.2 Å². The monoisotopic (exact) mass is 342 g/mol. The van der Waals surface area contributed by atoms with E-state index in [-0.39, 0.29) is 10.6 Å². The molecule has 0 radical (unpaired) electrons. The summed E-state index contributed by atoms with van der Waals surface area (Å²) in [7, 11) is -4.24. The van der Waals surface area contributed by atoms with Crippen LogP contribution in [0, 0.1) is 6.92 Å². The van der Waals surface area contributed by atoms with Crippen molar-refractivity contribution < 1.29 is 18.1 Å². The summed E-state index contributed by atoms with van der Waals surface area (Å²) in [6, 6.07) is 14.4. The number of hydrogen-bond donors (Lipinski definition) is 2. The highest BCUT2D eigenvalue weighted by molar-refractivity contribution is 7.85. The van der Waals surface area contributed by atoms with Crippen LogP contribution in [-0.2, 0) is 10.1 Å². The lowest BCUT2D eigenvalue weighted by Crippen LogP contribution is -1.96. The summed E-state index contributed by atoms with van der Waals surface area (Å²) >= 11 is 0. The van der Waals surface area contributed by atoms with Gasteiger partial charge in [0, 0.05) is 5.39 Å². The Morgan fingerprint density at radius 2 is 1.62 bits per heavy atom. The van der Waals surface area contributed by atoms with Gasteiger partial charge in [0.05, 0.1) is 10.6 Å². The zero-order valence-corrected chi connectivity index (χ0v) is 13.5. The van der Waals surface area contributed by atoms with Gasteiger partial charge in [0.1, 0.15) is 11.4 Å². The maximum Gasteiger partial charge on any atom is 0.294 e. The maximum absolute atomic E-state index is 11.0. The van der Waals surface area contributed by atoms with Gasteiger partial charge in [-0.1, -0.05) is 29.8 Å². The number of phenols is 1. The van der Waals surface area contributed by atoms with E-state index in [1.54, 1.807) is 12.1 Å². The van der Waals surface area contributed by atoms with Gasteiger partial charge in [0.25, 0.3) is 10.1 Å². The van der Waals surface area contributed by atoms with Crippen molar-refractivity contribution in [2.75, 3.05) is 0 Å². The number of azo groups is 1. The first kappa shape index (κ1) is 16.1. The standard InChI is InChI=1S/C17H14N2O4S/c1-11-2-8-15-12(10-11)3-9-16(20)17(15)19-18-13-4-6-14(7-5-13)24(21,22)23/h2-10,20H,1H3,(H,21,22,23). The second-order valence-corrected chi connectivity index (χ2v) is 6.75. The molecule has 0 heterocycles. The molecule has 3 rings (SSSR count). The summed E-state index contributed by atoms with van der Waals surface area (Å²) in [5.74, 6) is 0.00431. The minimum atomic E-state index is -4.24. The van der Waals surface area contributed by atoms with E-state index in [1.807, 2.05) is 25.1 Å². The van der Waals surface area contributed by atoms with Crippen LogP contribution in [-0.4, -0.2) is 18.1 Å². The minimum Gasteiger partial charge on any atom is -0.506 e. The molecule has 0 aromatic heterocycles. The molecule has 122 valence electrons. The SMILES string of the molecule is Cc1ccc2c(N=Nc3ccc(S(=O)(=O)O)cc3)c(O)ccc2c1.